The molecule has 206 valence electrons. The number of hydrogen-bond donors (Lipinski definition) is 2. The number of rotatable bonds is 10. The van der Waals surface area contributed by atoms with Gasteiger partial charge in [-0.05, 0) is 50.9 Å². The van der Waals surface area contributed by atoms with Gasteiger partial charge < -0.3 is 20.3 Å². The summed E-state index contributed by atoms with van der Waals surface area (Å²) in [4.78, 5) is 52.7. The number of nitrogens with one attached hydrogen (secondary N) is 2. The van der Waals surface area contributed by atoms with E-state index in [1.807, 2.05) is 19.9 Å². The molecule has 0 bridgehead atoms. The van der Waals surface area contributed by atoms with E-state index in [1.54, 1.807) is 14.1 Å². The van der Waals surface area contributed by atoms with Crippen LogP contribution in [0.5, 0.6) is 0 Å². The summed E-state index contributed by atoms with van der Waals surface area (Å²) in [5.41, 5.74) is 0. The van der Waals surface area contributed by atoms with Gasteiger partial charge in [0.05, 0.1) is 6.04 Å². The summed E-state index contributed by atoms with van der Waals surface area (Å²) in [5, 5.41) is 5.84. The molecule has 0 aromatic heterocycles. The first-order valence-electron chi connectivity index (χ1n) is 14.1. The Hall–Kier alpha value is -2.18. The molecule has 3 amide bonds. The third-order valence-corrected chi connectivity index (χ3v) is 6.95. The largest absolute Gasteiger partial charge is 0.349 e. The van der Waals surface area contributed by atoms with Gasteiger partial charge in [-0.1, -0.05) is 71.4 Å². The Balaban J connectivity index is 3.07. The molecule has 1 heterocycles. The molecule has 0 saturated heterocycles. The van der Waals surface area contributed by atoms with Crippen LogP contribution < -0.4 is 10.6 Å². The quantitative estimate of drug-likeness (QED) is 0.253. The lowest BCUT2D eigenvalue weighted by molar-refractivity contribution is -0.134. The maximum Gasteiger partial charge on any atom is 0.243 e. The van der Waals surface area contributed by atoms with Gasteiger partial charge in [0.15, 0.2) is 0 Å². The minimum absolute atomic E-state index is 0.0581. The average Bonchev–Trinajstić information content (AvgIpc) is 2.83. The van der Waals surface area contributed by atoms with Gasteiger partial charge in [0.25, 0.3) is 0 Å². The molecule has 1 aliphatic heterocycles. The van der Waals surface area contributed by atoms with Crippen LogP contribution >= 0.6 is 0 Å². The molecule has 36 heavy (non-hydrogen) atoms. The van der Waals surface area contributed by atoms with Crippen molar-refractivity contribution in [1.29, 1.82) is 0 Å². The van der Waals surface area contributed by atoms with Crippen molar-refractivity contribution in [3.8, 4) is 0 Å². The van der Waals surface area contributed by atoms with E-state index < -0.39 is 18.0 Å². The molecule has 1 aliphatic rings. The molecule has 0 aromatic rings. The molecule has 0 fully saturated rings. The standard InChI is InChI=1S/C29H51N3O4/c1-6-7-8-10-13-16-23-17-14-11-9-12-15-18-24(29(36)32(4)5)20-25(21-33)30-28(35)26(19-22(2)3)31-27(23)34/h12,15,21-26H,6-11,13-14,16-20H2,1-5H3,(H,30,35)(H,31,34)/b15-12+/t23?,24?,25-,26-/m0/s1. The van der Waals surface area contributed by atoms with Crippen LogP contribution in [0, 0.1) is 17.8 Å². The van der Waals surface area contributed by atoms with Gasteiger partial charge in [0, 0.05) is 25.9 Å². The molecule has 7 heteroatoms. The number of hydrogen-bond acceptors (Lipinski definition) is 4. The highest BCUT2D eigenvalue weighted by atomic mass is 16.2. The fourth-order valence-corrected chi connectivity index (χ4v) is 4.83. The van der Waals surface area contributed by atoms with E-state index >= 15 is 0 Å². The SMILES string of the molecule is CCCCCCCC1CCCC/C=C/CC(C(=O)N(C)C)C[C@@H](C=O)NC(=O)[C@H](CC(C)C)NC1=O. The molecule has 1 rings (SSSR count). The van der Waals surface area contributed by atoms with Crippen molar-refractivity contribution in [1.82, 2.24) is 15.5 Å². The van der Waals surface area contributed by atoms with E-state index in [2.05, 4.69) is 23.6 Å². The second-order valence-electron chi connectivity index (χ2n) is 11.0. The summed E-state index contributed by atoms with van der Waals surface area (Å²) in [6.07, 6.45) is 16.3. The fraction of sp³-hybridized carbons (Fsp3) is 0.793. The molecule has 0 aromatic carbocycles. The first-order valence-corrected chi connectivity index (χ1v) is 14.1. The third kappa shape index (κ3) is 12.7. The lowest BCUT2D eigenvalue weighted by Crippen LogP contribution is -2.52. The van der Waals surface area contributed by atoms with E-state index in [0.29, 0.717) is 19.1 Å². The van der Waals surface area contributed by atoms with Gasteiger partial charge in [-0.3, -0.25) is 14.4 Å². The normalized spacial score (nSPS) is 25.6. The second kappa shape index (κ2) is 18.1. The van der Waals surface area contributed by atoms with Gasteiger partial charge in [0.1, 0.15) is 12.3 Å². The maximum atomic E-state index is 13.3. The summed E-state index contributed by atoms with van der Waals surface area (Å²) in [5.74, 6) is -0.769. The topological polar surface area (TPSA) is 95.6 Å². The van der Waals surface area contributed by atoms with Gasteiger partial charge in [-0.25, -0.2) is 0 Å². The molecule has 0 spiro atoms. The van der Waals surface area contributed by atoms with Gasteiger partial charge in [-0.15, -0.1) is 0 Å². The number of unbranched alkanes of at least 4 members (excludes halogenated alkanes) is 4. The highest BCUT2D eigenvalue weighted by molar-refractivity contribution is 5.90. The lowest BCUT2D eigenvalue weighted by atomic mass is 9.92. The molecule has 0 saturated carbocycles. The zero-order chi connectivity index (χ0) is 26.9. The predicted molar refractivity (Wildman–Crippen MR) is 145 cm³/mol. The van der Waals surface area contributed by atoms with Crippen molar-refractivity contribution < 1.29 is 19.2 Å². The summed E-state index contributed by atoms with van der Waals surface area (Å²) in [6, 6.07) is -1.48. The Kier molecular flexibility index (Phi) is 16.0. The Morgan fingerprint density at radius 2 is 1.78 bits per heavy atom. The molecule has 4 atom stereocenters. The van der Waals surface area contributed by atoms with Crippen molar-refractivity contribution in [2.75, 3.05) is 14.1 Å². The Morgan fingerprint density at radius 3 is 2.42 bits per heavy atom. The average molecular weight is 506 g/mol. The van der Waals surface area contributed by atoms with Gasteiger partial charge in [0.2, 0.25) is 17.7 Å². The summed E-state index contributed by atoms with van der Waals surface area (Å²) < 4.78 is 0. The lowest BCUT2D eigenvalue weighted by Gasteiger charge is -2.27. The molecular formula is C29H51N3O4. The zero-order valence-corrected chi connectivity index (χ0v) is 23.4. The molecule has 2 N–H and O–H groups in total. The zero-order valence-electron chi connectivity index (χ0n) is 23.4. The van der Waals surface area contributed by atoms with Gasteiger partial charge >= 0.3 is 0 Å². The summed E-state index contributed by atoms with van der Waals surface area (Å²) in [7, 11) is 3.40. The van der Waals surface area contributed by atoms with Crippen LogP contribution in [0.15, 0.2) is 12.2 Å². The highest BCUT2D eigenvalue weighted by Gasteiger charge is 2.29. The Bertz CT molecular complexity index is 705. The first-order chi connectivity index (χ1) is 17.2. The number of amides is 3. The number of carbonyl (C=O) groups is 4. The minimum Gasteiger partial charge on any atom is -0.349 e. The molecule has 0 radical (unpaired) electrons. The van der Waals surface area contributed by atoms with Crippen molar-refractivity contribution >= 4 is 24.0 Å². The summed E-state index contributed by atoms with van der Waals surface area (Å²) >= 11 is 0. The van der Waals surface area contributed by atoms with E-state index in [-0.39, 0.29) is 36.0 Å². The van der Waals surface area contributed by atoms with Crippen LogP contribution in [0.1, 0.15) is 104 Å². The Morgan fingerprint density at radius 1 is 1.06 bits per heavy atom. The first kappa shape index (κ1) is 31.8. The van der Waals surface area contributed by atoms with Gasteiger partial charge in [-0.2, -0.15) is 0 Å². The summed E-state index contributed by atoms with van der Waals surface area (Å²) in [6.45, 7) is 6.22. The van der Waals surface area contributed by atoms with E-state index in [9.17, 15) is 19.2 Å². The highest BCUT2D eigenvalue weighted by Crippen LogP contribution is 2.21. The third-order valence-electron chi connectivity index (χ3n) is 6.95. The van der Waals surface area contributed by atoms with Crippen LogP contribution in [-0.2, 0) is 19.2 Å². The minimum atomic E-state index is -0.784. The van der Waals surface area contributed by atoms with Crippen LogP contribution in [0.3, 0.4) is 0 Å². The van der Waals surface area contributed by atoms with Crippen molar-refractivity contribution in [3.05, 3.63) is 12.2 Å². The van der Waals surface area contributed by atoms with Crippen LogP contribution in [0.4, 0.5) is 0 Å². The van der Waals surface area contributed by atoms with Crippen molar-refractivity contribution in [2.45, 2.75) is 116 Å². The molecule has 0 aliphatic carbocycles. The molecular weight excluding hydrogens is 454 g/mol. The predicted octanol–water partition coefficient (Wildman–Crippen LogP) is 4.79. The van der Waals surface area contributed by atoms with Crippen molar-refractivity contribution in [2.24, 2.45) is 17.8 Å². The van der Waals surface area contributed by atoms with E-state index in [4.69, 9.17) is 0 Å². The monoisotopic (exact) mass is 505 g/mol. The molecule has 2 unspecified atom stereocenters. The number of nitrogens with zero attached hydrogens (tertiary/aromatic N) is 1. The smallest absolute Gasteiger partial charge is 0.243 e. The number of aldehydes is 1. The van der Waals surface area contributed by atoms with Crippen LogP contribution in [-0.4, -0.2) is 55.1 Å². The van der Waals surface area contributed by atoms with E-state index in [1.165, 1.54) is 24.2 Å². The maximum absolute atomic E-state index is 13.3. The Labute approximate surface area is 219 Å². The van der Waals surface area contributed by atoms with Crippen LogP contribution in [0.25, 0.3) is 0 Å². The number of allylic oxidation sites excluding steroid dienone is 2. The van der Waals surface area contributed by atoms with Crippen molar-refractivity contribution in [3.63, 3.8) is 0 Å². The molecule has 7 nitrogen and oxygen atoms in total. The second-order valence-corrected chi connectivity index (χ2v) is 11.0. The van der Waals surface area contributed by atoms with Crippen LogP contribution in [0.2, 0.25) is 0 Å². The fourth-order valence-electron chi connectivity index (χ4n) is 4.83. The number of carbonyl (C=O) groups excluding carboxylic acids is 4. The van der Waals surface area contributed by atoms with E-state index in [0.717, 1.165) is 44.9 Å².